The van der Waals surface area contributed by atoms with Gasteiger partial charge in [-0.3, -0.25) is 0 Å². The first-order valence-electron chi connectivity index (χ1n) is 7.64. The van der Waals surface area contributed by atoms with Crippen molar-refractivity contribution in [3.8, 4) is 0 Å². The molecule has 3 heteroatoms. The Morgan fingerprint density at radius 3 is 2.19 bits per heavy atom. The van der Waals surface area contributed by atoms with Gasteiger partial charge >= 0.3 is 0 Å². The molecule has 0 amide bonds. The molecule has 0 aromatic heterocycles. The topological polar surface area (TPSA) is 15.3 Å². The monoisotopic (exact) mass is 344 g/mol. The van der Waals surface area contributed by atoms with Gasteiger partial charge in [0.05, 0.1) is 0 Å². The smallest absolute Gasteiger partial charge is 0.0400 e. The Labute approximate surface area is 135 Å². The summed E-state index contributed by atoms with van der Waals surface area (Å²) in [6, 6.07) is 17.3. The number of hydrogen-bond acceptors (Lipinski definition) is 2. The van der Waals surface area contributed by atoms with E-state index < -0.39 is 0 Å². The summed E-state index contributed by atoms with van der Waals surface area (Å²) in [6.07, 6.45) is 4.03. The molecule has 2 aromatic rings. The van der Waals surface area contributed by atoms with Crippen molar-refractivity contribution in [2.75, 3.05) is 23.3 Å². The maximum absolute atomic E-state index is 3.45. The van der Waals surface area contributed by atoms with Gasteiger partial charge in [0.2, 0.25) is 0 Å². The maximum Gasteiger partial charge on any atom is 0.0400 e. The lowest BCUT2D eigenvalue weighted by atomic mass is 10.1. The zero-order chi connectivity index (χ0) is 14.5. The van der Waals surface area contributed by atoms with Gasteiger partial charge < -0.3 is 10.2 Å². The summed E-state index contributed by atoms with van der Waals surface area (Å²) in [6.45, 7) is 3.27. The summed E-state index contributed by atoms with van der Waals surface area (Å²) >= 11 is 3.45. The summed E-state index contributed by atoms with van der Waals surface area (Å²) in [5.74, 6) is 0. The Bertz CT molecular complexity index is 557. The van der Waals surface area contributed by atoms with E-state index in [1.165, 1.54) is 43.6 Å². The van der Waals surface area contributed by atoms with E-state index in [1.807, 2.05) is 0 Å². The molecule has 21 heavy (non-hydrogen) atoms. The molecule has 1 saturated heterocycles. The number of nitrogens with one attached hydrogen (secondary N) is 1. The van der Waals surface area contributed by atoms with E-state index in [2.05, 4.69) is 74.7 Å². The number of anilines is 2. The Balaban J connectivity index is 1.57. The quantitative estimate of drug-likeness (QED) is 0.834. The van der Waals surface area contributed by atoms with Gasteiger partial charge in [0.15, 0.2) is 0 Å². The van der Waals surface area contributed by atoms with E-state index in [9.17, 15) is 0 Å². The molecule has 1 aliphatic rings. The zero-order valence-electron chi connectivity index (χ0n) is 12.2. The SMILES string of the molecule is Brc1ccc(NCc2ccc(N3CCCCC3)cc2)cc1. The minimum atomic E-state index is 0.863. The number of piperidine rings is 1. The lowest BCUT2D eigenvalue weighted by Crippen LogP contribution is -2.29. The van der Waals surface area contributed by atoms with E-state index in [0.717, 1.165) is 16.7 Å². The molecule has 1 N–H and O–H groups in total. The van der Waals surface area contributed by atoms with E-state index in [4.69, 9.17) is 0 Å². The van der Waals surface area contributed by atoms with Gasteiger partial charge in [0.1, 0.15) is 0 Å². The first-order chi connectivity index (χ1) is 10.3. The van der Waals surface area contributed by atoms with E-state index in [1.54, 1.807) is 0 Å². The molecule has 2 aromatic carbocycles. The molecule has 0 saturated carbocycles. The second-order valence-corrected chi connectivity index (χ2v) is 6.49. The van der Waals surface area contributed by atoms with Crippen molar-refractivity contribution in [3.05, 3.63) is 58.6 Å². The number of nitrogens with zero attached hydrogens (tertiary/aromatic N) is 1. The molecule has 1 aliphatic heterocycles. The molecule has 0 spiro atoms. The molecule has 0 radical (unpaired) electrons. The van der Waals surface area contributed by atoms with Crippen molar-refractivity contribution in [3.63, 3.8) is 0 Å². The van der Waals surface area contributed by atoms with Crippen LogP contribution in [0.1, 0.15) is 24.8 Å². The van der Waals surface area contributed by atoms with Crippen LogP contribution < -0.4 is 10.2 Å². The number of benzene rings is 2. The van der Waals surface area contributed by atoms with Gasteiger partial charge in [-0.2, -0.15) is 0 Å². The molecule has 3 rings (SSSR count). The second-order valence-electron chi connectivity index (χ2n) is 5.57. The van der Waals surface area contributed by atoms with E-state index >= 15 is 0 Å². The van der Waals surface area contributed by atoms with Crippen molar-refractivity contribution in [1.29, 1.82) is 0 Å². The van der Waals surface area contributed by atoms with Crippen LogP contribution >= 0.6 is 15.9 Å². The average Bonchev–Trinajstić information content (AvgIpc) is 2.56. The second kappa shape index (κ2) is 6.99. The van der Waals surface area contributed by atoms with Gasteiger partial charge in [-0.25, -0.2) is 0 Å². The fourth-order valence-corrected chi connectivity index (χ4v) is 3.01. The zero-order valence-corrected chi connectivity index (χ0v) is 13.8. The highest BCUT2D eigenvalue weighted by molar-refractivity contribution is 9.10. The lowest BCUT2D eigenvalue weighted by Gasteiger charge is -2.28. The molecule has 1 heterocycles. The largest absolute Gasteiger partial charge is 0.381 e. The van der Waals surface area contributed by atoms with Crippen LogP contribution in [0.15, 0.2) is 53.0 Å². The first kappa shape index (κ1) is 14.5. The highest BCUT2D eigenvalue weighted by atomic mass is 79.9. The minimum Gasteiger partial charge on any atom is -0.381 e. The van der Waals surface area contributed by atoms with Gasteiger partial charge in [-0.05, 0) is 61.2 Å². The van der Waals surface area contributed by atoms with Crippen molar-refractivity contribution in [1.82, 2.24) is 0 Å². The van der Waals surface area contributed by atoms with Crippen LogP contribution in [0.25, 0.3) is 0 Å². The Morgan fingerprint density at radius 2 is 1.52 bits per heavy atom. The van der Waals surface area contributed by atoms with Crippen LogP contribution in [0, 0.1) is 0 Å². The Hall–Kier alpha value is -1.48. The van der Waals surface area contributed by atoms with Gasteiger partial charge in [0, 0.05) is 35.5 Å². The summed E-state index contributed by atoms with van der Waals surface area (Å²) in [7, 11) is 0. The maximum atomic E-state index is 3.45. The van der Waals surface area contributed by atoms with Crippen molar-refractivity contribution < 1.29 is 0 Å². The molecule has 110 valence electrons. The summed E-state index contributed by atoms with van der Waals surface area (Å²) in [5, 5.41) is 3.45. The number of halogens is 1. The number of rotatable bonds is 4. The van der Waals surface area contributed by atoms with Crippen LogP contribution in [-0.2, 0) is 6.54 Å². The third-order valence-corrected chi connectivity index (χ3v) is 4.53. The highest BCUT2D eigenvalue weighted by Gasteiger charge is 2.10. The fraction of sp³-hybridized carbons (Fsp3) is 0.333. The lowest BCUT2D eigenvalue weighted by molar-refractivity contribution is 0.578. The van der Waals surface area contributed by atoms with Crippen LogP contribution in [-0.4, -0.2) is 13.1 Å². The highest BCUT2D eigenvalue weighted by Crippen LogP contribution is 2.21. The van der Waals surface area contributed by atoms with Gasteiger partial charge in [-0.1, -0.05) is 28.1 Å². The third-order valence-electron chi connectivity index (χ3n) is 4.00. The van der Waals surface area contributed by atoms with Crippen LogP contribution in [0.4, 0.5) is 11.4 Å². The first-order valence-corrected chi connectivity index (χ1v) is 8.44. The van der Waals surface area contributed by atoms with Crippen molar-refractivity contribution in [2.24, 2.45) is 0 Å². The number of hydrogen-bond donors (Lipinski definition) is 1. The third kappa shape index (κ3) is 4.01. The van der Waals surface area contributed by atoms with Gasteiger partial charge in [0.25, 0.3) is 0 Å². The van der Waals surface area contributed by atoms with Crippen LogP contribution in [0.3, 0.4) is 0 Å². The normalized spacial score (nSPS) is 15.0. The fourth-order valence-electron chi connectivity index (χ4n) is 2.75. The summed E-state index contributed by atoms with van der Waals surface area (Å²) in [5.41, 5.74) is 3.83. The molecular weight excluding hydrogens is 324 g/mol. The molecule has 0 aliphatic carbocycles. The van der Waals surface area contributed by atoms with E-state index in [-0.39, 0.29) is 0 Å². The summed E-state index contributed by atoms with van der Waals surface area (Å²) in [4.78, 5) is 2.50. The average molecular weight is 345 g/mol. The van der Waals surface area contributed by atoms with E-state index in [0.29, 0.717) is 0 Å². The van der Waals surface area contributed by atoms with Crippen molar-refractivity contribution in [2.45, 2.75) is 25.8 Å². The van der Waals surface area contributed by atoms with Crippen LogP contribution in [0.2, 0.25) is 0 Å². The molecule has 0 atom stereocenters. The molecule has 0 unspecified atom stereocenters. The van der Waals surface area contributed by atoms with Crippen LogP contribution in [0.5, 0.6) is 0 Å². The van der Waals surface area contributed by atoms with Gasteiger partial charge in [-0.15, -0.1) is 0 Å². The Morgan fingerprint density at radius 1 is 0.857 bits per heavy atom. The minimum absolute atomic E-state index is 0.863. The predicted molar refractivity (Wildman–Crippen MR) is 94.0 cm³/mol. The Kier molecular flexibility index (Phi) is 4.81. The molecular formula is C18H21BrN2. The molecule has 1 fully saturated rings. The standard InChI is InChI=1S/C18H21BrN2/c19-16-6-8-17(9-7-16)20-14-15-4-10-18(11-5-15)21-12-2-1-3-13-21/h4-11,20H,1-3,12-14H2. The molecule has 2 nitrogen and oxygen atoms in total. The predicted octanol–water partition coefficient (Wildman–Crippen LogP) is 5.05. The van der Waals surface area contributed by atoms with Crippen molar-refractivity contribution >= 4 is 27.3 Å². The summed E-state index contributed by atoms with van der Waals surface area (Å²) < 4.78 is 1.11. The molecule has 0 bridgehead atoms.